The summed E-state index contributed by atoms with van der Waals surface area (Å²) in [5.74, 6) is 0. The van der Waals surface area contributed by atoms with Gasteiger partial charge in [0.25, 0.3) is 0 Å². The highest BCUT2D eigenvalue weighted by molar-refractivity contribution is 7.15. The van der Waals surface area contributed by atoms with Gasteiger partial charge >= 0.3 is 0 Å². The second kappa shape index (κ2) is 6.71. The highest BCUT2D eigenvalue weighted by Crippen LogP contribution is 2.32. The first kappa shape index (κ1) is 14.8. The summed E-state index contributed by atoms with van der Waals surface area (Å²) in [6.45, 7) is 11.1. The van der Waals surface area contributed by atoms with Gasteiger partial charge in [0.05, 0.1) is 5.69 Å². The maximum atomic E-state index is 4.91. The van der Waals surface area contributed by atoms with Gasteiger partial charge in [0, 0.05) is 30.1 Å². The average Bonchev–Trinajstić information content (AvgIpc) is 2.93. The van der Waals surface area contributed by atoms with E-state index in [9.17, 15) is 0 Å². The van der Waals surface area contributed by atoms with Crippen LogP contribution in [0.1, 0.15) is 57.5 Å². The summed E-state index contributed by atoms with van der Waals surface area (Å²) in [5, 5.41) is 4.77. The van der Waals surface area contributed by atoms with Gasteiger partial charge in [-0.2, -0.15) is 0 Å². The summed E-state index contributed by atoms with van der Waals surface area (Å²) >= 11 is 1.89. The predicted molar refractivity (Wildman–Crippen MR) is 84.1 cm³/mol. The first-order valence-electron chi connectivity index (χ1n) is 7.60. The monoisotopic (exact) mass is 281 g/mol. The molecule has 2 heterocycles. The van der Waals surface area contributed by atoms with Gasteiger partial charge in [-0.15, -0.1) is 11.3 Å². The Morgan fingerprint density at radius 1 is 1.47 bits per heavy atom. The topological polar surface area (TPSA) is 28.2 Å². The highest BCUT2D eigenvalue weighted by atomic mass is 32.1. The summed E-state index contributed by atoms with van der Waals surface area (Å²) in [5.41, 5.74) is 1.31. The van der Waals surface area contributed by atoms with Gasteiger partial charge in [-0.25, -0.2) is 4.98 Å². The molecule has 0 bridgehead atoms. The van der Waals surface area contributed by atoms with Crippen LogP contribution in [0.2, 0.25) is 0 Å². The third-order valence-electron chi connectivity index (χ3n) is 3.72. The molecule has 3 nitrogen and oxygen atoms in total. The zero-order valence-electron chi connectivity index (χ0n) is 12.7. The molecule has 2 rings (SSSR count). The largest absolute Gasteiger partial charge is 0.345 e. The molecule has 1 aromatic rings. The number of thiazole rings is 1. The molecule has 1 atom stereocenters. The van der Waals surface area contributed by atoms with E-state index >= 15 is 0 Å². The smallest absolute Gasteiger partial charge is 0.186 e. The second-order valence-electron chi connectivity index (χ2n) is 5.84. The molecule has 4 heteroatoms. The van der Waals surface area contributed by atoms with Gasteiger partial charge in [-0.05, 0) is 26.2 Å². The number of aryl methyl sites for hydroxylation is 1. The van der Waals surface area contributed by atoms with Gasteiger partial charge in [-0.1, -0.05) is 27.2 Å². The highest BCUT2D eigenvalue weighted by Gasteiger charge is 2.24. The lowest BCUT2D eigenvalue weighted by Gasteiger charge is -2.19. The van der Waals surface area contributed by atoms with Crippen molar-refractivity contribution in [3.8, 4) is 0 Å². The summed E-state index contributed by atoms with van der Waals surface area (Å²) < 4.78 is 0. The van der Waals surface area contributed by atoms with Gasteiger partial charge in [0.1, 0.15) is 0 Å². The molecule has 0 amide bonds. The third kappa shape index (κ3) is 3.69. The number of nitrogens with zero attached hydrogens (tertiary/aromatic N) is 2. The zero-order chi connectivity index (χ0) is 13.8. The minimum absolute atomic E-state index is 0.533. The summed E-state index contributed by atoms with van der Waals surface area (Å²) in [4.78, 5) is 8.84. The minimum atomic E-state index is 0.533. The Kier molecular flexibility index (Phi) is 5.22. The predicted octanol–water partition coefficient (Wildman–Crippen LogP) is 3.58. The maximum absolute atomic E-state index is 4.91. The van der Waals surface area contributed by atoms with Crippen LogP contribution in [-0.2, 0) is 13.0 Å². The lowest BCUT2D eigenvalue weighted by Crippen LogP contribution is -2.25. The third-order valence-corrected chi connectivity index (χ3v) is 4.86. The molecule has 1 saturated heterocycles. The van der Waals surface area contributed by atoms with Crippen LogP contribution in [0.3, 0.4) is 0 Å². The maximum Gasteiger partial charge on any atom is 0.186 e. The van der Waals surface area contributed by atoms with Crippen LogP contribution < -0.4 is 10.2 Å². The normalized spacial score (nSPS) is 19.6. The molecule has 1 aliphatic heterocycles. The van der Waals surface area contributed by atoms with E-state index < -0.39 is 0 Å². The Hall–Kier alpha value is -0.610. The fourth-order valence-corrected chi connectivity index (χ4v) is 3.76. The molecular weight excluding hydrogens is 254 g/mol. The number of anilines is 1. The van der Waals surface area contributed by atoms with Crippen molar-refractivity contribution in [3.05, 3.63) is 10.6 Å². The Balaban J connectivity index is 2.14. The van der Waals surface area contributed by atoms with E-state index in [0.29, 0.717) is 12.1 Å². The van der Waals surface area contributed by atoms with Crippen LogP contribution in [0, 0.1) is 0 Å². The van der Waals surface area contributed by atoms with Crippen LogP contribution in [0.5, 0.6) is 0 Å². The average molecular weight is 281 g/mol. The van der Waals surface area contributed by atoms with Gasteiger partial charge in [0.2, 0.25) is 0 Å². The van der Waals surface area contributed by atoms with E-state index in [4.69, 9.17) is 4.98 Å². The first-order valence-corrected chi connectivity index (χ1v) is 8.42. The van der Waals surface area contributed by atoms with Crippen LogP contribution >= 0.6 is 11.3 Å². The molecule has 1 unspecified atom stereocenters. The van der Waals surface area contributed by atoms with Crippen molar-refractivity contribution in [2.75, 3.05) is 11.4 Å². The van der Waals surface area contributed by atoms with Crippen molar-refractivity contribution >= 4 is 16.5 Å². The van der Waals surface area contributed by atoms with Crippen molar-refractivity contribution in [1.82, 2.24) is 10.3 Å². The molecule has 108 valence electrons. The summed E-state index contributed by atoms with van der Waals surface area (Å²) in [6.07, 6.45) is 4.90. The van der Waals surface area contributed by atoms with Crippen molar-refractivity contribution in [2.24, 2.45) is 0 Å². The van der Waals surface area contributed by atoms with Crippen molar-refractivity contribution < 1.29 is 0 Å². The number of hydrogen-bond donors (Lipinski definition) is 1. The molecule has 0 saturated carbocycles. The standard InChI is InChI=1S/C15H27N3S/c1-5-7-13-14(10-16-11(2)3)19-15(17-13)18-9-6-8-12(18)4/h11-12,16H,5-10H2,1-4H3. The van der Waals surface area contributed by atoms with Crippen LogP contribution in [-0.4, -0.2) is 23.6 Å². The first-order chi connectivity index (χ1) is 9.11. The van der Waals surface area contributed by atoms with Gasteiger partial charge in [-0.3, -0.25) is 0 Å². The summed E-state index contributed by atoms with van der Waals surface area (Å²) in [7, 11) is 0. The fourth-order valence-electron chi connectivity index (χ4n) is 2.58. The molecule has 1 aliphatic rings. The lowest BCUT2D eigenvalue weighted by molar-refractivity contribution is 0.589. The number of hydrogen-bond acceptors (Lipinski definition) is 4. The van der Waals surface area contributed by atoms with E-state index in [2.05, 4.69) is 37.9 Å². The van der Waals surface area contributed by atoms with Gasteiger partial charge < -0.3 is 10.2 Å². The zero-order valence-corrected chi connectivity index (χ0v) is 13.5. The molecule has 1 N–H and O–H groups in total. The molecule has 1 fully saturated rings. The fraction of sp³-hybridized carbons (Fsp3) is 0.800. The van der Waals surface area contributed by atoms with E-state index in [1.807, 2.05) is 11.3 Å². The van der Waals surface area contributed by atoms with E-state index in [1.54, 1.807) is 0 Å². The van der Waals surface area contributed by atoms with Crippen molar-refractivity contribution in [1.29, 1.82) is 0 Å². The number of aromatic nitrogens is 1. The summed E-state index contributed by atoms with van der Waals surface area (Å²) in [6, 6.07) is 1.19. The molecule has 0 aliphatic carbocycles. The quantitative estimate of drug-likeness (QED) is 0.864. The number of rotatable bonds is 6. The van der Waals surface area contributed by atoms with Crippen molar-refractivity contribution in [3.63, 3.8) is 0 Å². The molecular formula is C15H27N3S. The Morgan fingerprint density at radius 2 is 2.26 bits per heavy atom. The molecule has 0 radical (unpaired) electrons. The minimum Gasteiger partial charge on any atom is -0.345 e. The van der Waals surface area contributed by atoms with E-state index in [-0.39, 0.29) is 0 Å². The van der Waals surface area contributed by atoms with Crippen molar-refractivity contribution in [2.45, 2.75) is 72.0 Å². The second-order valence-corrected chi connectivity index (χ2v) is 6.90. The molecule has 0 spiro atoms. The van der Waals surface area contributed by atoms with Gasteiger partial charge in [0.15, 0.2) is 5.13 Å². The Bertz CT molecular complexity index is 400. The van der Waals surface area contributed by atoms with Crippen LogP contribution in [0.25, 0.3) is 0 Å². The van der Waals surface area contributed by atoms with Crippen LogP contribution in [0.15, 0.2) is 0 Å². The SMILES string of the molecule is CCCc1nc(N2CCCC2C)sc1CNC(C)C. The van der Waals surface area contributed by atoms with Crippen LogP contribution in [0.4, 0.5) is 5.13 Å². The Labute approximate surface area is 121 Å². The Morgan fingerprint density at radius 3 is 2.84 bits per heavy atom. The van der Waals surface area contributed by atoms with E-state index in [1.165, 1.54) is 41.5 Å². The molecule has 1 aromatic heterocycles. The molecule has 0 aromatic carbocycles. The molecule has 19 heavy (non-hydrogen) atoms. The number of nitrogens with one attached hydrogen (secondary N) is 1. The lowest BCUT2D eigenvalue weighted by atomic mass is 10.2. The van der Waals surface area contributed by atoms with E-state index in [0.717, 1.165) is 13.0 Å².